The van der Waals surface area contributed by atoms with E-state index in [4.69, 9.17) is 9.47 Å². The first-order chi connectivity index (χ1) is 14.5. The second-order valence-corrected chi connectivity index (χ2v) is 7.70. The fourth-order valence-electron chi connectivity index (χ4n) is 4.59. The number of methoxy groups -OCH3 is 2. The molecule has 2 aliphatic rings. The van der Waals surface area contributed by atoms with Crippen molar-refractivity contribution in [1.29, 1.82) is 0 Å². The number of nitrogens with zero attached hydrogens (tertiary/aromatic N) is 2. The fourth-order valence-corrected chi connectivity index (χ4v) is 4.59. The molecule has 2 aliphatic heterocycles. The summed E-state index contributed by atoms with van der Waals surface area (Å²) in [6, 6.07) is 10.3. The lowest BCUT2D eigenvalue weighted by molar-refractivity contribution is -0.384. The smallest absolute Gasteiger partial charge is 0.269 e. The molecule has 158 valence electrons. The van der Waals surface area contributed by atoms with E-state index >= 15 is 0 Å². The van der Waals surface area contributed by atoms with E-state index in [0.717, 1.165) is 37.1 Å². The van der Waals surface area contributed by atoms with E-state index in [2.05, 4.69) is 10.2 Å². The van der Waals surface area contributed by atoms with Crippen LogP contribution in [-0.4, -0.2) is 37.6 Å². The van der Waals surface area contributed by atoms with E-state index < -0.39 is 0 Å². The van der Waals surface area contributed by atoms with Gasteiger partial charge < -0.3 is 19.7 Å². The number of carbonyl (C=O) groups excluding carboxylic acids is 1. The third-order valence-electron chi connectivity index (χ3n) is 6.02. The quantitative estimate of drug-likeness (QED) is 0.594. The first-order valence-corrected chi connectivity index (χ1v) is 10.1. The number of hydrogen-bond acceptors (Lipinski definition) is 6. The Hall–Kier alpha value is -3.29. The summed E-state index contributed by atoms with van der Waals surface area (Å²) in [5.74, 6) is 0.760. The van der Waals surface area contributed by atoms with Crippen molar-refractivity contribution in [3.8, 4) is 11.5 Å². The van der Waals surface area contributed by atoms with Crippen LogP contribution in [-0.2, 0) is 11.2 Å². The third-order valence-corrected chi connectivity index (χ3v) is 6.02. The van der Waals surface area contributed by atoms with E-state index in [1.807, 2.05) is 6.07 Å². The van der Waals surface area contributed by atoms with Crippen molar-refractivity contribution in [2.45, 2.75) is 31.7 Å². The van der Waals surface area contributed by atoms with Gasteiger partial charge in [-0.15, -0.1) is 0 Å². The molecule has 30 heavy (non-hydrogen) atoms. The molecule has 1 saturated heterocycles. The van der Waals surface area contributed by atoms with Crippen LogP contribution in [0.1, 0.15) is 24.8 Å². The zero-order valence-electron chi connectivity index (χ0n) is 17.1. The van der Waals surface area contributed by atoms with Crippen molar-refractivity contribution in [2.75, 3.05) is 31.0 Å². The number of carbonyl (C=O) groups is 1. The van der Waals surface area contributed by atoms with Gasteiger partial charge in [-0.2, -0.15) is 0 Å². The van der Waals surface area contributed by atoms with Crippen molar-refractivity contribution >= 4 is 23.0 Å². The molecule has 8 nitrogen and oxygen atoms in total. The monoisotopic (exact) mass is 411 g/mol. The number of hydrogen-bond donors (Lipinski definition) is 1. The molecule has 0 aromatic heterocycles. The lowest BCUT2D eigenvalue weighted by atomic mass is 9.80. The molecule has 2 unspecified atom stereocenters. The SMILES string of the molecule is COc1ccc(NC(=O)C2Cc3cc([N+](=O)[O-])ccc3N3CCCCC23)cc1OC. The predicted octanol–water partition coefficient (Wildman–Crippen LogP) is 3.78. The van der Waals surface area contributed by atoms with Crippen molar-refractivity contribution in [3.63, 3.8) is 0 Å². The van der Waals surface area contributed by atoms with Crippen molar-refractivity contribution in [2.24, 2.45) is 5.92 Å². The third kappa shape index (κ3) is 3.65. The van der Waals surface area contributed by atoms with Gasteiger partial charge in [0.1, 0.15) is 0 Å². The number of ether oxygens (including phenoxy) is 2. The van der Waals surface area contributed by atoms with Crippen LogP contribution in [0.15, 0.2) is 36.4 Å². The Labute approximate surface area is 174 Å². The first-order valence-electron chi connectivity index (χ1n) is 10.1. The van der Waals surface area contributed by atoms with Crippen LogP contribution in [0.25, 0.3) is 0 Å². The maximum absolute atomic E-state index is 13.3. The number of non-ortho nitro benzene ring substituents is 1. The van der Waals surface area contributed by atoms with Crippen LogP contribution in [0.5, 0.6) is 11.5 Å². The molecular formula is C22H25N3O5. The van der Waals surface area contributed by atoms with Crippen LogP contribution < -0.4 is 19.7 Å². The number of nitro benzene ring substituents is 1. The molecular weight excluding hydrogens is 386 g/mol. The number of nitrogens with one attached hydrogen (secondary N) is 1. The number of nitro groups is 1. The van der Waals surface area contributed by atoms with Gasteiger partial charge in [0, 0.05) is 42.2 Å². The molecule has 4 rings (SSSR count). The highest BCUT2D eigenvalue weighted by atomic mass is 16.6. The highest BCUT2D eigenvalue weighted by molar-refractivity contribution is 5.94. The minimum Gasteiger partial charge on any atom is -0.493 e. The zero-order valence-corrected chi connectivity index (χ0v) is 17.1. The van der Waals surface area contributed by atoms with E-state index in [0.29, 0.717) is 23.6 Å². The number of rotatable bonds is 5. The summed E-state index contributed by atoms with van der Waals surface area (Å²) >= 11 is 0. The zero-order chi connectivity index (χ0) is 21.3. The molecule has 2 heterocycles. The van der Waals surface area contributed by atoms with Gasteiger partial charge in [-0.25, -0.2) is 0 Å². The van der Waals surface area contributed by atoms with Gasteiger partial charge in [-0.3, -0.25) is 14.9 Å². The average Bonchev–Trinajstić information content (AvgIpc) is 2.77. The Morgan fingerprint density at radius 2 is 1.93 bits per heavy atom. The molecule has 0 bridgehead atoms. The Balaban J connectivity index is 1.62. The van der Waals surface area contributed by atoms with Crippen LogP contribution in [0.4, 0.5) is 17.1 Å². The molecule has 2 aromatic rings. The Bertz CT molecular complexity index is 977. The van der Waals surface area contributed by atoms with Crippen molar-refractivity contribution in [3.05, 3.63) is 52.1 Å². The topological polar surface area (TPSA) is 93.9 Å². The Kier molecular flexibility index (Phi) is 5.48. The normalized spacial score (nSPS) is 20.0. The van der Waals surface area contributed by atoms with E-state index in [1.165, 1.54) is 0 Å². The lowest BCUT2D eigenvalue weighted by Crippen LogP contribution is -2.51. The molecule has 8 heteroatoms. The summed E-state index contributed by atoms with van der Waals surface area (Å²) in [7, 11) is 3.11. The number of anilines is 2. The Morgan fingerprint density at radius 1 is 1.13 bits per heavy atom. The summed E-state index contributed by atoms with van der Waals surface area (Å²) in [6.07, 6.45) is 3.54. The van der Waals surface area contributed by atoms with Gasteiger partial charge >= 0.3 is 0 Å². The molecule has 0 saturated carbocycles. The van der Waals surface area contributed by atoms with Gasteiger partial charge in [0.25, 0.3) is 5.69 Å². The van der Waals surface area contributed by atoms with E-state index in [1.54, 1.807) is 44.6 Å². The number of piperidine rings is 1. The van der Waals surface area contributed by atoms with E-state index in [-0.39, 0.29) is 28.5 Å². The van der Waals surface area contributed by atoms with Gasteiger partial charge in [-0.1, -0.05) is 0 Å². The summed E-state index contributed by atoms with van der Waals surface area (Å²) in [5.41, 5.74) is 2.56. The highest BCUT2D eigenvalue weighted by Gasteiger charge is 2.40. The number of amides is 1. The lowest BCUT2D eigenvalue weighted by Gasteiger charge is -2.45. The molecule has 2 aromatic carbocycles. The average molecular weight is 411 g/mol. The minimum absolute atomic E-state index is 0.0586. The summed E-state index contributed by atoms with van der Waals surface area (Å²) in [4.78, 5) is 26.4. The molecule has 1 amide bonds. The van der Waals surface area contributed by atoms with Crippen molar-refractivity contribution < 1.29 is 19.2 Å². The maximum Gasteiger partial charge on any atom is 0.269 e. The molecule has 0 aliphatic carbocycles. The summed E-state index contributed by atoms with van der Waals surface area (Å²) in [5, 5.41) is 14.2. The largest absolute Gasteiger partial charge is 0.493 e. The maximum atomic E-state index is 13.3. The highest BCUT2D eigenvalue weighted by Crippen LogP contribution is 2.40. The minimum atomic E-state index is -0.388. The second kappa shape index (κ2) is 8.22. The van der Waals surface area contributed by atoms with Crippen LogP contribution in [0.2, 0.25) is 0 Å². The fraction of sp³-hybridized carbons (Fsp3) is 0.409. The van der Waals surface area contributed by atoms with E-state index in [9.17, 15) is 14.9 Å². The van der Waals surface area contributed by atoms with Gasteiger partial charge in [0.05, 0.1) is 25.1 Å². The van der Waals surface area contributed by atoms with Crippen molar-refractivity contribution in [1.82, 2.24) is 0 Å². The second-order valence-electron chi connectivity index (χ2n) is 7.70. The number of benzene rings is 2. The van der Waals surface area contributed by atoms with Crippen LogP contribution in [0.3, 0.4) is 0 Å². The van der Waals surface area contributed by atoms with Crippen LogP contribution >= 0.6 is 0 Å². The van der Waals surface area contributed by atoms with Gasteiger partial charge in [0.2, 0.25) is 5.91 Å². The standard InChI is InChI=1S/C22H25N3O5/c1-29-20-9-6-15(13-21(20)30-2)23-22(26)17-12-14-11-16(25(27)28)7-8-18(14)24-10-4-3-5-19(17)24/h6-9,11,13,17,19H,3-5,10,12H2,1-2H3,(H,23,26). The van der Waals surface area contributed by atoms with Gasteiger partial charge in [-0.05, 0) is 49.4 Å². The molecule has 1 fully saturated rings. The predicted molar refractivity (Wildman–Crippen MR) is 113 cm³/mol. The summed E-state index contributed by atoms with van der Waals surface area (Å²) < 4.78 is 10.6. The molecule has 0 radical (unpaired) electrons. The molecule has 0 spiro atoms. The van der Waals surface area contributed by atoms with Gasteiger partial charge in [0.15, 0.2) is 11.5 Å². The molecule has 2 atom stereocenters. The first kappa shape index (κ1) is 20.0. The molecule has 1 N–H and O–H groups in total. The van der Waals surface area contributed by atoms with Crippen LogP contribution in [0, 0.1) is 16.0 Å². The summed E-state index contributed by atoms with van der Waals surface area (Å²) in [6.45, 7) is 0.857. The Morgan fingerprint density at radius 3 is 2.67 bits per heavy atom. The number of fused-ring (bicyclic) bond motifs is 3.